The fourth-order valence-electron chi connectivity index (χ4n) is 2.58. The van der Waals surface area contributed by atoms with Gasteiger partial charge in [-0.25, -0.2) is 0 Å². The van der Waals surface area contributed by atoms with E-state index in [9.17, 15) is 4.79 Å². The number of hydrogen-bond donors (Lipinski definition) is 0. The van der Waals surface area contributed by atoms with Crippen LogP contribution in [0.25, 0.3) is 0 Å². The molecule has 1 aliphatic heterocycles. The molecule has 0 aliphatic carbocycles. The first kappa shape index (κ1) is 15.1. The number of ketones is 1. The molecule has 1 unspecified atom stereocenters. The number of carbonyl (C=O) groups is 1. The van der Waals surface area contributed by atoms with Crippen molar-refractivity contribution in [1.82, 2.24) is 9.78 Å². The number of fused-ring (bicyclic) bond motifs is 1. The van der Waals surface area contributed by atoms with Gasteiger partial charge < -0.3 is 9.64 Å². The molecule has 1 aromatic carbocycles. The third-order valence-electron chi connectivity index (χ3n) is 3.88. The highest BCUT2D eigenvalue weighted by atomic mass is 79.9. The smallest absolute Gasteiger partial charge is 0.181 e. The Hall–Kier alpha value is -1.82. The van der Waals surface area contributed by atoms with E-state index in [2.05, 4.69) is 21.0 Å². The number of carbonyl (C=O) groups excluding carboxylic acids is 1. The molecule has 116 valence electrons. The molecule has 2 heterocycles. The number of aromatic nitrogens is 2. The van der Waals surface area contributed by atoms with Crippen LogP contribution in [-0.2, 0) is 6.54 Å². The first-order valence-corrected chi connectivity index (χ1v) is 8.10. The highest BCUT2D eigenvalue weighted by molar-refractivity contribution is 9.10. The van der Waals surface area contributed by atoms with Crippen molar-refractivity contribution in [3.8, 4) is 5.75 Å². The number of Topliss-reactive ketones (excluding diaryl/α,β-unsaturated/α-hetero) is 1. The lowest BCUT2D eigenvalue weighted by Gasteiger charge is -2.14. The Labute approximate surface area is 138 Å². The second-order valence-electron chi connectivity index (χ2n) is 5.45. The fourth-order valence-corrected chi connectivity index (χ4v) is 3.03. The van der Waals surface area contributed by atoms with Crippen molar-refractivity contribution in [1.29, 1.82) is 0 Å². The number of nitrogens with zero attached hydrogens (tertiary/aromatic N) is 3. The highest BCUT2D eigenvalue weighted by Gasteiger charge is 2.28. The summed E-state index contributed by atoms with van der Waals surface area (Å²) in [6, 6.07) is 7.86. The molecule has 3 rings (SSSR count). The third-order valence-corrected chi connectivity index (χ3v) is 4.75. The van der Waals surface area contributed by atoms with Gasteiger partial charge in [0.1, 0.15) is 5.75 Å². The van der Waals surface area contributed by atoms with Crippen LogP contribution in [-0.4, -0.2) is 41.1 Å². The van der Waals surface area contributed by atoms with Crippen molar-refractivity contribution in [3.63, 3.8) is 0 Å². The molecular weight excluding hydrogens is 346 g/mol. The standard InChI is InChI=1S/C16H18BrN3O2/c1-19-8-7-14(17)15(21)13-10-20(18-16(13)19)9-11-3-5-12(22-2)6-4-11/h3-6,10,14H,7-9H2,1-2H3. The van der Waals surface area contributed by atoms with Crippen LogP contribution in [0, 0.1) is 0 Å². The summed E-state index contributed by atoms with van der Waals surface area (Å²) in [6.45, 7) is 1.44. The van der Waals surface area contributed by atoms with Crippen LogP contribution in [0.15, 0.2) is 30.5 Å². The van der Waals surface area contributed by atoms with Crippen LogP contribution in [0.3, 0.4) is 0 Å². The summed E-state index contributed by atoms with van der Waals surface area (Å²) >= 11 is 3.47. The van der Waals surface area contributed by atoms with Crippen molar-refractivity contribution in [2.45, 2.75) is 17.8 Å². The second kappa shape index (κ2) is 6.12. The van der Waals surface area contributed by atoms with E-state index in [4.69, 9.17) is 4.74 Å². The number of ether oxygens (including phenoxy) is 1. The van der Waals surface area contributed by atoms with Gasteiger partial charge in [-0.05, 0) is 24.1 Å². The number of alkyl halides is 1. The van der Waals surface area contributed by atoms with Crippen LogP contribution < -0.4 is 9.64 Å². The van der Waals surface area contributed by atoms with Gasteiger partial charge in [0, 0.05) is 19.8 Å². The lowest BCUT2D eigenvalue weighted by Crippen LogP contribution is -2.20. The van der Waals surface area contributed by atoms with E-state index in [-0.39, 0.29) is 10.6 Å². The lowest BCUT2D eigenvalue weighted by atomic mass is 10.1. The van der Waals surface area contributed by atoms with Crippen LogP contribution >= 0.6 is 15.9 Å². The van der Waals surface area contributed by atoms with Gasteiger partial charge in [-0.2, -0.15) is 5.10 Å². The van der Waals surface area contributed by atoms with Crippen molar-refractivity contribution in [3.05, 3.63) is 41.6 Å². The van der Waals surface area contributed by atoms with Crippen LogP contribution in [0.4, 0.5) is 5.82 Å². The zero-order valence-electron chi connectivity index (χ0n) is 12.6. The number of rotatable bonds is 3. The molecule has 0 amide bonds. The molecule has 0 N–H and O–H groups in total. The SMILES string of the molecule is COc1ccc(Cn2cc3c(n2)N(C)CCC(Br)C3=O)cc1. The van der Waals surface area contributed by atoms with Gasteiger partial charge in [-0.3, -0.25) is 9.48 Å². The Balaban J connectivity index is 1.87. The molecule has 0 spiro atoms. The fraction of sp³-hybridized carbons (Fsp3) is 0.375. The predicted molar refractivity (Wildman–Crippen MR) is 89.3 cm³/mol. The maximum atomic E-state index is 12.4. The van der Waals surface area contributed by atoms with Gasteiger partial charge in [0.2, 0.25) is 0 Å². The first-order valence-electron chi connectivity index (χ1n) is 7.18. The number of benzene rings is 1. The molecular formula is C16H18BrN3O2. The quantitative estimate of drug-likeness (QED) is 0.786. The van der Waals surface area contributed by atoms with Gasteiger partial charge in [0.25, 0.3) is 0 Å². The first-order chi connectivity index (χ1) is 10.6. The average Bonchev–Trinajstić information content (AvgIpc) is 2.92. The normalized spacial score (nSPS) is 18.0. The number of anilines is 1. The van der Waals surface area contributed by atoms with Gasteiger partial charge >= 0.3 is 0 Å². The minimum Gasteiger partial charge on any atom is -0.497 e. The van der Waals surface area contributed by atoms with Crippen LogP contribution in [0.5, 0.6) is 5.75 Å². The van der Waals surface area contributed by atoms with Gasteiger partial charge in [-0.15, -0.1) is 0 Å². The number of methoxy groups -OCH3 is 1. The van der Waals surface area contributed by atoms with Crippen LogP contribution in [0.2, 0.25) is 0 Å². The van der Waals surface area contributed by atoms with Crippen molar-refractivity contribution in [2.75, 3.05) is 25.6 Å². The summed E-state index contributed by atoms with van der Waals surface area (Å²) in [7, 11) is 3.62. The summed E-state index contributed by atoms with van der Waals surface area (Å²) in [5.74, 6) is 1.71. The summed E-state index contributed by atoms with van der Waals surface area (Å²) in [5.41, 5.74) is 1.80. The third kappa shape index (κ3) is 2.88. The topological polar surface area (TPSA) is 47.4 Å². The molecule has 1 atom stereocenters. The summed E-state index contributed by atoms with van der Waals surface area (Å²) in [4.78, 5) is 14.3. The average molecular weight is 364 g/mol. The lowest BCUT2D eigenvalue weighted by molar-refractivity contribution is 0.0992. The highest BCUT2D eigenvalue weighted by Crippen LogP contribution is 2.27. The molecule has 0 fully saturated rings. The van der Waals surface area contributed by atoms with E-state index in [1.165, 1.54) is 0 Å². The van der Waals surface area contributed by atoms with Crippen molar-refractivity contribution >= 4 is 27.5 Å². The Kier molecular flexibility index (Phi) is 4.20. The number of hydrogen-bond acceptors (Lipinski definition) is 4. The molecule has 0 bridgehead atoms. The molecule has 1 aromatic heterocycles. The van der Waals surface area contributed by atoms with E-state index in [0.29, 0.717) is 12.1 Å². The zero-order chi connectivity index (χ0) is 15.7. The Bertz CT molecular complexity index is 681. The summed E-state index contributed by atoms with van der Waals surface area (Å²) in [6.07, 6.45) is 2.64. The molecule has 0 saturated carbocycles. The summed E-state index contributed by atoms with van der Waals surface area (Å²) in [5, 5.41) is 4.58. The maximum Gasteiger partial charge on any atom is 0.181 e. The number of halogens is 1. The van der Waals surface area contributed by atoms with Crippen molar-refractivity contribution in [2.24, 2.45) is 0 Å². The van der Waals surface area contributed by atoms with Crippen molar-refractivity contribution < 1.29 is 9.53 Å². The largest absolute Gasteiger partial charge is 0.497 e. The predicted octanol–water partition coefficient (Wildman–Crippen LogP) is 2.73. The molecule has 2 aromatic rings. The molecule has 1 aliphatic rings. The Morgan fingerprint density at radius 2 is 2.09 bits per heavy atom. The Morgan fingerprint density at radius 3 is 2.77 bits per heavy atom. The van der Waals surface area contributed by atoms with E-state index in [1.54, 1.807) is 7.11 Å². The Morgan fingerprint density at radius 1 is 1.36 bits per heavy atom. The second-order valence-corrected chi connectivity index (χ2v) is 6.56. The summed E-state index contributed by atoms with van der Waals surface area (Å²) < 4.78 is 6.99. The van der Waals surface area contributed by atoms with Crippen LogP contribution in [0.1, 0.15) is 22.3 Å². The van der Waals surface area contributed by atoms with Gasteiger partial charge in [0.05, 0.1) is 24.0 Å². The monoisotopic (exact) mass is 363 g/mol. The van der Waals surface area contributed by atoms with E-state index < -0.39 is 0 Å². The maximum absolute atomic E-state index is 12.4. The molecule has 6 heteroatoms. The van der Waals surface area contributed by atoms with E-state index >= 15 is 0 Å². The molecule has 0 radical (unpaired) electrons. The van der Waals surface area contributed by atoms with Gasteiger partial charge in [-0.1, -0.05) is 28.1 Å². The van der Waals surface area contributed by atoms with E-state index in [1.807, 2.05) is 47.1 Å². The van der Waals surface area contributed by atoms with Gasteiger partial charge in [0.15, 0.2) is 11.6 Å². The zero-order valence-corrected chi connectivity index (χ0v) is 14.2. The minimum absolute atomic E-state index is 0.111. The molecule has 5 nitrogen and oxygen atoms in total. The minimum atomic E-state index is -0.130. The molecule has 0 saturated heterocycles. The molecule has 22 heavy (non-hydrogen) atoms. The van der Waals surface area contributed by atoms with E-state index in [0.717, 1.165) is 30.1 Å².